The lowest BCUT2D eigenvalue weighted by Crippen LogP contribution is -2.12. The van der Waals surface area contributed by atoms with E-state index in [9.17, 15) is 9.59 Å². The van der Waals surface area contributed by atoms with Crippen molar-refractivity contribution in [1.29, 1.82) is 0 Å². The molecule has 3 aromatic rings. The number of ether oxygens (including phenoxy) is 2. The first kappa shape index (κ1) is 19.0. The van der Waals surface area contributed by atoms with Gasteiger partial charge in [0.25, 0.3) is 0 Å². The molecule has 140 valence electrons. The van der Waals surface area contributed by atoms with Crippen molar-refractivity contribution in [3.8, 4) is 11.5 Å². The number of allylic oxidation sites excluding steroid dienone is 1. The van der Waals surface area contributed by atoms with E-state index >= 15 is 0 Å². The van der Waals surface area contributed by atoms with Gasteiger partial charge in [-0.1, -0.05) is 60.7 Å². The van der Waals surface area contributed by atoms with Crippen LogP contribution >= 0.6 is 0 Å². The van der Waals surface area contributed by atoms with E-state index < -0.39 is 0 Å². The van der Waals surface area contributed by atoms with Crippen molar-refractivity contribution in [2.75, 3.05) is 13.7 Å². The summed E-state index contributed by atoms with van der Waals surface area (Å²) in [6.45, 7) is -0.128. The highest BCUT2D eigenvalue weighted by Crippen LogP contribution is 2.27. The standard InChI is InChI=1S/C23H19NO4/c1-27-23-15-24-19(12-13-20(25)17-8-4-2-5-9-17)14-22(23)28-16-21(26)18-10-6-3-7-11-18/h2-15H,16H2,1H3/b13-12+. The Kier molecular flexibility index (Phi) is 6.31. The van der Waals surface area contributed by atoms with Crippen LogP contribution in [0.5, 0.6) is 11.5 Å². The summed E-state index contributed by atoms with van der Waals surface area (Å²) >= 11 is 0. The molecule has 0 unspecified atom stereocenters. The summed E-state index contributed by atoms with van der Waals surface area (Å²) in [5.74, 6) is 0.525. The fraction of sp³-hybridized carbons (Fsp3) is 0.0870. The van der Waals surface area contributed by atoms with Gasteiger partial charge in [-0.25, -0.2) is 0 Å². The number of Topliss-reactive ketones (excluding diaryl/α,β-unsaturated/α-hetero) is 1. The molecule has 1 heterocycles. The zero-order chi connectivity index (χ0) is 19.8. The van der Waals surface area contributed by atoms with Gasteiger partial charge in [-0.15, -0.1) is 0 Å². The van der Waals surface area contributed by atoms with Crippen LogP contribution in [-0.2, 0) is 0 Å². The zero-order valence-corrected chi connectivity index (χ0v) is 15.4. The van der Waals surface area contributed by atoms with Crippen LogP contribution in [0.1, 0.15) is 26.4 Å². The van der Waals surface area contributed by atoms with Crippen LogP contribution in [0.15, 0.2) is 79.0 Å². The summed E-state index contributed by atoms with van der Waals surface area (Å²) in [7, 11) is 1.50. The van der Waals surface area contributed by atoms with Crippen molar-refractivity contribution in [3.63, 3.8) is 0 Å². The van der Waals surface area contributed by atoms with Crippen molar-refractivity contribution in [3.05, 3.63) is 95.8 Å². The van der Waals surface area contributed by atoms with Gasteiger partial charge < -0.3 is 9.47 Å². The zero-order valence-electron chi connectivity index (χ0n) is 15.4. The lowest BCUT2D eigenvalue weighted by atomic mass is 10.1. The average molecular weight is 373 g/mol. The van der Waals surface area contributed by atoms with E-state index in [4.69, 9.17) is 9.47 Å². The molecule has 0 aliphatic heterocycles. The van der Waals surface area contributed by atoms with E-state index in [1.165, 1.54) is 19.4 Å². The van der Waals surface area contributed by atoms with Gasteiger partial charge in [-0.3, -0.25) is 14.6 Å². The lowest BCUT2D eigenvalue weighted by Gasteiger charge is -2.10. The number of benzene rings is 2. The summed E-state index contributed by atoms with van der Waals surface area (Å²) in [5, 5.41) is 0. The molecule has 0 aliphatic carbocycles. The number of ketones is 2. The summed E-state index contributed by atoms with van der Waals surface area (Å²) in [5.41, 5.74) is 1.69. The van der Waals surface area contributed by atoms with Gasteiger partial charge in [0.2, 0.25) is 0 Å². The molecule has 0 radical (unpaired) electrons. The van der Waals surface area contributed by atoms with Crippen molar-refractivity contribution < 1.29 is 19.1 Å². The fourth-order valence-electron chi connectivity index (χ4n) is 2.51. The third kappa shape index (κ3) is 4.92. The lowest BCUT2D eigenvalue weighted by molar-refractivity contribution is 0.0919. The van der Waals surface area contributed by atoms with Gasteiger partial charge in [-0.05, 0) is 12.2 Å². The Morgan fingerprint density at radius 1 is 0.929 bits per heavy atom. The first-order chi connectivity index (χ1) is 13.7. The summed E-state index contributed by atoms with van der Waals surface area (Å²) < 4.78 is 10.9. The molecule has 2 aromatic carbocycles. The molecule has 0 amide bonds. The summed E-state index contributed by atoms with van der Waals surface area (Å²) in [6.07, 6.45) is 4.54. The molecule has 0 bridgehead atoms. The number of pyridine rings is 1. The highest BCUT2D eigenvalue weighted by atomic mass is 16.5. The maximum Gasteiger partial charge on any atom is 0.200 e. The SMILES string of the molecule is COc1cnc(/C=C/C(=O)c2ccccc2)cc1OCC(=O)c1ccccc1. The summed E-state index contributed by atoms with van der Waals surface area (Å²) in [6, 6.07) is 19.5. The number of carbonyl (C=O) groups excluding carboxylic acids is 2. The molecule has 1 aromatic heterocycles. The Morgan fingerprint density at radius 3 is 2.21 bits per heavy atom. The predicted octanol–water partition coefficient (Wildman–Crippen LogP) is 4.25. The molecule has 0 saturated carbocycles. The Bertz CT molecular complexity index is 982. The number of carbonyl (C=O) groups is 2. The number of aromatic nitrogens is 1. The van der Waals surface area contributed by atoms with Crippen LogP contribution in [0.4, 0.5) is 0 Å². The smallest absolute Gasteiger partial charge is 0.200 e. The minimum Gasteiger partial charge on any atom is -0.491 e. The fourth-order valence-corrected chi connectivity index (χ4v) is 2.51. The van der Waals surface area contributed by atoms with E-state index in [1.807, 2.05) is 24.3 Å². The molecular weight excluding hydrogens is 354 g/mol. The largest absolute Gasteiger partial charge is 0.491 e. The second kappa shape index (κ2) is 9.28. The van der Waals surface area contributed by atoms with Crippen LogP contribution in [0, 0.1) is 0 Å². The van der Waals surface area contributed by atoms with Crippen LogP contribution < -0.4 is 9.47 Å². The highest BCUT2D eigenvalue weighted by Gasteiger charge is 2.11. The number of rotatable bonds is 8. The molecule has 28 heavy (non-hydrogen) atoms. The number of methoxy groups -OCH3 is 1. The summed E-state index contributed by atoms with van der Waals surface area (Å²) in [4.78, 5) is 28.6. The van der Waals surface area contributed by atoms with Gasteiger partial charge in [0, 0.05) is 17.2 Å². The van der Waals surface area contributed by atoms with Gasteiger partial charge in [0.1, 0.15) is 0 Å². The second-order valence-corrected chi connectivity index (χ2v) is 5.90. The molecule has 0 spiro atoms. The molecular formula is C23H19NO4. The second-order valence-electron chi connectivity index (χ2n) is 5.90. The number of hydrogen-bond donors (Lipinski definition) is 0. The van der Waals surface area contributed by atoms with Crippen LogP contribution in [0.2, 0.25) is 0 Å². The monoisotopic (exact) mass is 373 g/mol. The van der Waals surface area contributed by atoms with Gasteiger partial charge in [0.05, 0.1) is 19.0 Å². The molecule has 0 N–H and O–H groups in total. The van der Waals surface area contributed by atoms with E-state index in [0.29, 0.717) is 28.3 Å². The maximum atomic E-state index is 12.2. The highest BCUT2D eigenvalue weighted by molar-refractivity contribution is 6.06. The van der Waals surface area contributed by atoms with Crippen LogP contribution in [-0.4, -0.2) is 30.3 Å². The van der Waals surface area contributed by atoms with Gasteiger partial charge in [0.15, 0.2) is 29.7 Å². The first-order valence-electron chi connectivity index (χ1n) is 8.70. The van der Waals surface area contributed by atoms with Crippen LogP contribution in [0.3, 0.4) is 0 Å². The molecule has 0 fully saturated rings. The third-order valence-electron chi connectivity index (χ3n) is 3.99. The average Bonchev–Trinajstić information content (AvgIpc) is 2.77. The minimum atomic E-state index is -0.143. The molecule has 0 atom stereocenters. The number of nitrogens with zero attached hydrogens (tertiary/aromatic N) is 1. The molecule has 5 heteroatoms. The Morgan fingerprint density at radius 2 is 1.57 bits per heavy atom. The Labute approximate surface area is 163 Å². The predicted molar refractivity (Wildman–Crippen MR) is 107 cm³/mol. The first-order valence-corrected chi connectivity index (χ1v) is 8.70. The molecule has 0 saturated heterocycles. The van der Waals surface area contributed by atoms with E-state index in [-0.39, 0.29) is 18.2 Å². The normalized spacial score (nSPS) is 10.6. The number of hydrogen-bond acceptors (Lipinski definition) is 5. The molecule has 5 nitrogen and oxygen atoms in total. The van der Waals surface area contributed by atoms with E-state index in [1.54, 1.807) is 48.5 Å². The van der Waals surface area contributed by atoms with Crippen LogP contribution in [0.25, 0.3) is 6.08 Å². The van der Waals surface area contributed by atoms with Crippen molar-refractivity contribution >= 4 is 17.6 Å². The topological polar surface area (TPSA) is 65.5 Å². The molecule has 0 aliphatic rings. The third-order valence-corrected chi connectivity index (χ3v) is 3.99. The maximum absolute atomic E-state index is 12.2. The van der Waals surface area contributed by atoms with Gasteiger partial charge in [-0.2, -0.15) is 0 Å². The minimum absolute atomic E-state index is 0.125. The molecule has 3 rings (SSSR count). The quantitative estimate of drug-likeness (QED) is 0.436. The van der Waals surface area contributed by atoms with Gasteiger partial charge >= 0.3 is 0 Å². The van der Waals surface area contributed by atoms with Crippen molar-refractivity contribution in [2.24, 2.45) is 0 Å². The van der Waals surface area contributed by atoms with Crippen molar-refractivity contribution in [1.82, 2.24) is 4.98 Å². The van der Waals surface area contributed by atoms with E-state index in [2.05, 4.69) is 4.98 Å². The Hall–Kier alpha value is -3.73. The Balaban J connectivity index is 1.72. The van der Waals surface area contributed by atoms with E-state index in [0.717, 1.165) is 0 Å². The van der Waals surface area contributed by atoms with Crippen molar-refractivity contribution in [2.45, 2.75) is 0 Å².